The minimum atomic E-state index is -1.37. The smallest absolute Gasteiger partial charge is 0.408 e. The summed E-state index contributed by atoms with van der Waals surface area (Å²) in [5.74, 6) is -5.77. The van der Waals surface area contributed by atoms with Gasteiger partial charge in [-0.05, 0) is 84.3 Å². The summed E-state index contributed by atoms with van der Waals surface area (Å²) in [5.41, 5.74) is 6.93. The molecule has 0 radical (unpaired) electrons. The number of hydrogen-bond acceptors (Lipinski definition) is 12. The summed E-state index contributed by atoms with van der Waals surface area (Å²) in [4.78, 5) is 110. The van der Waals surface area contributed by atoms with Crippen molar-refractivity contribution in [2.45, 2.75) is 149 Å². The topological polar surface area (TPSA) is 250 Å². The maximum atomic E-state index is 14.0. The summed E-state index contributed by atoms with van der Waals surface area (Å²) < 4.78 is 10.6. The van der Waals surface area contributed by atoms with Gasteiger partial charge < -0.3 is 41.3 Å². The van der Waals surface area contributed by atoms with E-state index < -0.39 is 94.6 Å². The summed E-state index contributed by atoms with van der Waals surface area (Å²) in [7, 11) is 1.31. The molecule has 5 atom stereocenters. The van der Waals surface area contributed by atoms with Crippen LogP contribution in [0.3, 0.4) is 0 Å². The Labute approximate surface area is 348 Å². The predicted octanol–water partition coefficient (Wildman–Crippen LogP) is 2.88. The van der Waals surface area contributed by atoms with Gasteiger partial charge in [0.05, 0.1) is 19.2 Å². The summed E-state index contributed by atoms with van der Waals surface area (Å²) >= 11 is 0. The fourth-order valence-corrected chi connectivity index (χ4v) is 5.56. The van der Waals surface area contributed by atoms with Crippen molar-refractivity contribution in [3.05, 3.63) is 48.0 Å². The van der Waals surface area contributed by atoms with E-state index in [4.69, 9.17) is 20.0 Å². The maximum Gasteiger partial charge on any atom is 0.408 e. The predicted molar refractivity (Wildman–Crippen MR) is 220 cm³/mol. The van der Waals surface area contributed by atoms with Crippen LogP contribution >= 0.6 is 0 Å². The Balaban J connectivity index is 3.33. The SMILES string of the molecule is CON[C@H](CCC(=O)OC(C)(C)C)C(=O)N[C@H](C(=O)N[C@@H](CC(C)C)C(=O)N[C@@H](Cc1ccccc1)C(=O)C(=O)/C=C/[C@H](CCC(N)=O)NC(=O)OC(C)(C)C)C(C)C. The Morgan fingerprint density at radius 3 is 1.81 bits per heavy atom. The van der Waals surface area contributed by atoms with E-state index in [0.717, 1.165) is 6.08 Å². The van der Waals surface area contributed by atoms with Crippen molar-refractivity contribution < 1.29 is 52.7 Å². The molecule has 0 saturated carbocycles. The number of allylic oxidation sites excluding steroid dienone is 1. The Morgan fingerprint density at radius 2 is 1.29 bits per heavy atom. The molecule has 0 aliphatic heterocycles. The number of benzene rings is 1. The van der Waals surface area contributed by atoms with Crippen molar-refractivity contribution >= 4 is 47.3 Å². The molecule has 0 bridgehead atoms. The first-order chi connectivity index (χ1) is 27.3. The van der Waals surface area contributed by atoms with Gasteiger partial charge in [0.2, 0.25) is 35.2 Å². The number of carbonyl (C=O) groups is 8. The molecular weight excluding hydrogens is 764 g/mol. The maximum absolute atomic E-state index is 14.0. The van der Waals surface area contributed by atoms with Crippen LogP contribution in [-0.4, -0.2) is 95.8 Å². The number of primary amides is 1. The van der Waals surface area contributed by atoms with Crippen LogP contribution in [0.5, 0.6) is 0 Å². The number of rotatable bonds is 24. The third-order valence-electron chi connectivity index (χ3n) is 8.26. The average molecular weight is 831 g/mol. The van der Waals surface area contributed by atoms with E-state index in [-0.39, 0.29) is 44.4 Å². The first kappa shape index (κ1) is 51.9. The highest BCUT2D eigenvalue weighted by atomic mass is 16.6. The second-order valence-corrected chi connectivity index (χ2v) is 17.0. The van der Waals surface area contributed by atoms with Crippen molar-refractivity contribution in [1.29, 1.82) is 0 Å². The number of ketones is 2. The van der Waals surface area contributed by atoms with Crippen LogP contribution in [0.2, 0.25) is 0 Å². The lowest BCUT2D eigenvalue weighted by Gasteiger charge is -2.28. The summed E-state index contributed by atoms with van der Waals surface area (Å²) in [6, 6.07) is 3.07. The number of ether oxygens (including phenoxy) is 2. The van der Waals surface area contributed by atoms with Gasteiger partial charge in [-0.15, -0.1) is 0 Å². The van der Waals surface area contributed by atoms with Crippen LogP contribution in [0.4, 0.5) is 4.79 Å². The number of carbonyl (C=O) groups excluding carboxylic acids is 8. The van der Waals surface area contributed by atoms with Gasteiger partial charge in [0, 0.05) is 19.3 Å². The normalized spacial score (nSPS) is 14.4. The Kier molecular flexibility index (Phi) is 21.7. The van der Waals surface area contributed by atoms with Gasteiger partial charge >= 0.3 is 12.1 Å². The summed E-state index contributed by atoms with van der Waals surface area (Å²) in [5, 5.41) is 10.6. The molecule has 0 aromatic heterocycles. The summed E-state index contributed by atoms with van der Waals surface area (Å²) in [6.07, 6.45) is 1.22. The van der Waals surface area contributed by atoms with E-state index in [1.165, 1.54) is 13.2 Å². The van der Waals surface area contributed by atoms with Gasteiger partial charge in [-0.1, -0.05) is 64.1 Å². The van der Waals surface area contributed by atoms with Crippen LogP contribution in [0.15, 0.2) is 42.5 Å². The number of esters is 1. The van der Waals surface area contributed by atoms with E-state index in [2.05, 4.69) is 26.7 Å². The van der Waals surface area contributed by atoms with Crippen LogP contribution in [0.1, 0.15) is 107 Å². The van der Waals surface area contributed by atoms with Crippen molar-refractivity contribution in [3.8, 4) is 0 Å². The fraction of sp³-hybridized carbons (Fsp3) is 0.619. The number of hydroxylamine groups is 1. The highest BCUT2D eigenvalue weighted by Crippen LogP contribution is 2.14. The molecule has 0 fully saturated rings. The standard InChI is InChI=1S/C42H66N6O11/c1-25(2)23-31(46-39(55)35(26(3)4)47-37(53)29(48-57-11)19-22-34(51)58-41(5,6)7)38(54)45-30(24-27-15-13-12-14-16-27)36(52)32(49)20-17-28(18-21-33(43)50)44-40(56)59-42(8,9)10/h12-17,20,25-26,28-31,35,48H,18-19,21-24H2,1-11H3,(H2,43,50)(H,44,56)(H,45,54)(H,46,55)(H,47,53)/b20-17+/t28-,29-,30+,31+,35+/m1/s1. The second kappa shape index (κ2) is 24.7. The molecule has 1 aromatic carbocycles. The zero-order valence-corrected chi connectivity index (χ0v) is 36.4. The van der Waals surface area contributed by atoms with Gasteiger partial charge in [0.25, 0.3) is 0 Å². The number of hydrogen-bond donors (Lipinski definition) is 6. The van der Waals surface area contributed by atoms with Gasteiger partial charge in [-0.3, -0.25) is 33.6 Å². The molecule has 0 aliphatic rings. The minimum absolute atomic E-state index is 0.00156. The number of alkyl carbamates (subject to hydrolysis) is 1. The lowest BCUT2D eigenvalue weighted by molar-refractivity contribution is -0.155. The van der Waals surface area contributed by atoms with Gasteiger partial charge in [0.1, 0.15) is 29.3 Å². The van der Waals surface area contributed by atoms with E-state index >= 15 is 0 Å². The molecule has 330 valence electrons. The molecule has 0 heterocycles. The monoisotopic (exact) mass is 830 g/mol. The molecule has 0 saturated heterocycles. The van der Waals surface area contributed by atoms with Gasteiger partial charge in [-0.25, -0.2) is 4.79 Å². The first-order valence-corrected chi connectivity index (χ1v) is 19.8. The van der Waals surface area contributed by atoms with E-state index in [1.54, 1.807) is 85.7 Å². The largest absolute Gasteiger partial charge is 0.460 e. The van der Waals surface area contributed by atoms with Crippen molar-refractivity contribution in [3.63, 3.8) is 0 Å². The molecule has 17 nitrogen and oxygen atoms in total. The molecular formula is C42H66N6O11. The Hall–Kier alpha value is -5.16. The highest BCUT2D eigenvalue weighted by molar-refractivity contribution is 6.43. The highest BCUT2D eigenvalue weighted by Gasteiger charge is 2.34. The molecule has 1 aromatic rings. The molecule has 17 heteroatoms. The number of nitrogens with one attached hydrogen (secondary N) is 5. The molecule has 0 aliphatic carbocycles. The van der Waals surface area contributed by atoms with Crippen molar-refractivity contribution in [2.75, 3.05) is 7.11 Å². The second-order valence-electron chi connectivity index (χ2n) is 17.0. The van der Waals surface area contributed by atoms with E-state index in [1.807, 2.05) is 13.8 Å². The number of Topliss-reactive ketones (excluding diaryl/α,β-unsaturated/α-hetero) is 1. The van der Waals surface area contributed by atoms with Crippen molar-refractivity contribution in [1.82, 2.24) is 26.7 Å². The molecule has 59 heavy (non-hydrogen) atoms. The van der Waals surface area contributed by atoms with Crippen molar-refractivity contribution in [2.24, 2.45) is 17.6 Å². The number of nitrogens with two attached hydrogens (primary N) is 1. The van der Waals surface area contributed by atoms with Crippen LogP contribution < -0.4 is 32.5 Å². The van der Waals surface area contributed by atoms with E-state index in [0.29, 0.717) is 5.56 Å². The Bertz CT molecular complexity index is 1620. The summed E-state index contributed by atoms with van der Waals surface area (Å²) in [6.45, 7) is 17.2. The molecule has 5 amide bonds. The van der Waals surface area contributed by atoms with Crippen LogP contribution in [0, 0.1) is 11.8 Å². The zero-order valence-electron chi connectivity index (χ0n) is 36.4. The van der Waals surface area contributed by atoms with E-state index in [9.17, 15) is 38.4 Å². The lowest BCUT2D eigenvalue weighted by atomic mass is 9.97. The fourth-order valence-electron chi connectivity index (χ4n) is 5.56. The van der Waals surface area contributed by atoms with Gasteiger partial charge in [0.15, 0.2) is 0 Å². The van der Waals surface area contributed by atoms with Gasteiger partial charge in [-0.2, -0.15) is 5.48 Å². The minimum Gasteiger partial charge on any atom is -0.460 e. The first-order valence-electron chi connectivity index (χ1n) is 19.8. The lowest BCUT2D eigenvalue weighted by Crippen LogP contribution is -2.59. The average Bonchev–Trinajstić information content (AvgIpc) is 3.10. The molecule has 7 N–H and O–H groups in total. The quantitative estimate of drug-likeness (QED) is 0.0381. The molecule has 0 spiro atoms. The molecule has 1 rings (SSSR count). The third-order valence-corrected chi connectivity index (χ3v) is 8.26. The zero-order chi connectivity index (χ0) is 45.1. The molecule has 0 unspecified atom stereocenters. The number of amides is 5. The van der Waals surface area contributed by atoms with Crippen LogP contribution in [-0.2, 0) is 54.3 Å². The Morgan fingerprint density at radius 1 is 0.712 bits per heavy atom. The third kappa shape index (κ3) is 22.0. The van der Waals surface area contributed by atoms with Crippen LogP contribution in [0.25, 0.3) is 0 Å².